The fourth-order valence-corrected chi connectivity index (χ4v) is 17.3. The van der Waals surface area contributed by atoms with Gasteiger partial charge in [-0.1, -0.05) is 102 Å². The summed E-state index contributed by atoms with van der Waals surface area (Å²) in [7, 11) is 3.98. The number of phenols is 1. The minimum absolute atomic E-state index is 0.0199. The number of rotatable bonds is 22. The number of likely N-dealkylation sites (N-methyl/N-ethyl adjacent to an activating group) is 3. The average molecular weight is 1810 g/mol. The van der Waals surface area contributed by atoms with Gasteiger partial charge >= 0.3 is 0 Å². The highest BCUT2D eigenvalue weighted by atomic mass is 32.2. The van der Waals surface area contributed by atoms with Crippen LogP contribution in [0.4, 0.5) is 0 Å². The fourth-order valence-electron chi connectivity index (χ4n) is 16.4. The molecule has 18 N–H and O–H groups in total. The van der Waals surface area contributed by atoms with E-state index in [2.05, 4.69) is 67.8 Å². The predicted molar refractivity (Wildman–Crippen MR) is 476 cm³/mol. The molecular formula is C89H122N20O19S. The number of nitrogens with two attached hydrogens (primary N) is 2. The molecule has 3 fully saturated rings. The van der Waals surface area contributed by atoms with E-state index in [1.807, 2.05) is 39.8 Å². The van der Waals surface area contributed by atoms with E-state index < -0.39 is 217 Å². The van der Waals surface area contributed by atoms with E-state index in [0.717, 1.165) is 21.6 Å². The highest BCUT2D eigenvalue weighted by molar-refractivity contribution is 8.00. The number of hydrogen-bond donors (Lipinski definition) is 16. The van der Waals surface area contributed by atoms with Crippen LogP contribution in [0, 0.1) is 11.8 Å². The Hall–Kier alpha value is -12.8. The average Bonchev–Trinajstić information content (AvgIpc) is 1.76. The van der Waals surface area contributed by atoms with E-state index in [1.54, 1.807) is 48.8 Å². The second-order valence-electron chi connectivity index (χ2n) is 33.7. The van der Waals surface area contributed by atoms with Crippen LogP contribution in [0.5, 0.6) is 5.75 Å². The number of aliphatic hydroxyl groups is 1. The number of benzene rings is 3. The van der Waals surface area contributed by atoms with Gasteiger partial charge < -0.3 is 109 Å². The summed E-state index contributed by atoms with van der Waals surface area (Å²) in [6.07, 6.45) is 6.60. The number of nitrogens with zero attached hydrogens (tertiary/aromatic N) is 6. The Balaban J connectivity index is 1.07. The van der Waals surface area contributed by atoms with Crippen molar-refractivity contribution in [1.29, 1.82) is 0 Å². The molecule has 3 aliphatic heterocycles. The number of carbonyl (C=O) groups is 17. The molecule has 6 heterocycles. The van der Waals surface area contributed by atoms with Crippen molar-refractivity contribution in [2.24, 2.45) is 23.3 Å². The van der Waals surface area contributed by atoms with Gasteiger partial charge in [-0.3, -0.25) is 81.5 Å². The first-order valence-electron chi connectivity index (χ1n) is 43.7. The zero-order valence-corrected chi connectivity index (χ0v) is 75.1. The molecule has 0 radical (unpaired) electrons. The topological polar surface area (TPSA) is 567 Å². The molecule has 0 aliphatic carbocycles. The Morgan fingerprint density at radius 1 is 0.550 bits per heavy atom. The molecular weight excluding hydrogens is 1690 g/mol. The van der Waals surface area contributed by atoms with E-state index in [1.165, 1.54) is 86.5 Å². The molecule has 40 heteroatoms. The maximum absolute atomic E-state index is 15.6. The Kier molecular flexibility index (Phi) is 36.7. The molecule has 39 nitrogen and oxygen atoms in total. The number of fused-ring (bicyclic) bond motifs is 4. The van der Waals surface area contributed by atoms with Crippen LogP contribution in [0.3, 0.4) is 0 Å². The van der Waals surface area contributed by atoms with E-state index >= 15 is 33.6 Å². The van der Waals surface area contributed by atoms with Gasteiger partial charge in [0.2, 0.25) is 94.5 Å². The van der Waals surface area contributed by atoms with Crippen LogP contribution in [0.15, 0.2) is 97.7 Å². The number of carbonyl (C=O) groups excluding carboxylic acids is 17. The first kappa shape index (κ1) is 100. The molecule has 3 saturated heterocycles. The number of para-hydroxylation sites is 2. The van der Waals surface area contributed by atoms with Gasteiger partial charge in [-0.15, -0.1) is 11.8 Å². The number of ketones is 1. The Morgan fingerprint density at radius 3 is 1.71 bits per heavy atom. The van der Waals surface area contributed by atoms with Crippen molar-refractivity contribution >= 4 is 134 Å². The number of imidazole rings is 1. The number of aromatic hydroxyl groups is 1. The number of aliphatic hydroxyl groups excluding tert-OH is 1. The summed E-state index contributed by atoms with van der Waals surface area (Å²) in [5.74, 6) is -17.3. The summed E-state index contributed by atoms with van der Waals surface area (Å²) in [6.45, 7) is 8.18. The van der Waals surface area contributed by atoms with E-state index in [0.29, 0.717) is 76.3 Å². The molecule has 6 aromatic rings. The van der Waals surface area contributed by atoms with E-state index in [-0.39, 0.29) is 94.7 Å². The normalized spacial score (nSPS) is 24.9. The third kappa shape index (κ3) is 27.2. The molecule has 698 valence electrons. The standard InChI is InChI=1S/C89H122N20O19S/c1-10-12-24-70-83(122)97-50(5)77(116)104-68(80(119)95-44-75(91)114)46-129-47-76(115)98-64(35-52-28-30-57(111)31-29-52)85(124)105(7)51(6)78(117)100-66(40-74(90)113)88(127)109-33-19-27-71(109)84(123)99-62(39-56-43-92-48-96-56)81(120)101-63(34-49(3)4)87(126)108-32-18-26-69(108)73(112)38-53(36-54-41-93-60-22-16-14-20-58(54)60)79(118)103-67(45-110)82(121)102-65(37-55-42-94-61-23-17-15-21-59(55)61)86(125)107(9)72(25-13-11-2)89(128)106(70)8/h14-17,20-23,28-31,41-43,48-51,53,62-72,93-94,110-111H,10-13,18-19,24-27,32-40,44-47H2,1-9H3,(H2,90,113)(H2,91,114)(H,92,96)(H,95,119)(H,97,122)(H,98,115)(H,99,123)(H,100,117)(H,101,120)(H,102,121)(H,103,118)(H,104,116)/t50-,51-,53+,62-,63-,64-,65-,66-,67-,68-,69-,70-,71-,72-/m0/s1. The van der Waals surface area contributed by atoms with Gasteiger partial charge in [0.15, 0.2) is 5.78 Å². The Labute approximate surface area is 751 Å². The monoisotopic (exact) mass is 1810 g/mol. The molecule has 0 bridgehead atoms. The maximum Gasteiger partial charge on any atom is 0.246 e. The summed E-state index contributed by atoms with van der Waals surface area (Å²) in [6, 6.07) is 1.05. The summed E-state index contributed by atoms with van der Waals surface area (Å²) >= 11 is 0.791. The zero-order chi connectivity index (χ0) is 94.0. The summed E-state index contributed by atoms with van der Waals surface area (Å²) in [5.41, 5.74) is 14.3. The Morgan fingerprint density at radius 2 is 1.10 bits per heavy atom. The second-order valence-corrected chi connectivity index (χ2v) is 34.8. The number of H-pyrrole nitrogens is 3. The van der Waals surface area contributed by atoms with Gasteiger partial charge in [-0.05, 0) is 112 Å². The van der Waals surface area contributed by atoms with Crippen LogP contribution in [-0.4, -0.2) is 292 Å². The van der Waals surface area contributed by atoms with Crippen molar-refractivity contribution in [3.63, 3.8) is 0 Å². The largest absolute Gasteiger partial charge is 0.508 e. The van der Waals surface area contributed by atoms with Crippen molar-refractivity contribution in [1.82, 2.24) is 92.3 Å². The second kappa shape index (κ2) is 47.3. The van der Waals surface area contributed by atoms with Crippen molar-refractivity contribution in [3.8, 4) is 5.75 Å². The highest BCUT2D eigenvalue weighted by Gasteiger charge is 2.45. The number of phenolic OH excluding ortho intramolecular Hbond substituents is 1. The number of aromatic nitrogens is 4. The number of nitrogens with one attached hydrogen (secondary N) is 12. The smallest absolute Gasteiger partial charge is 0.246 e. The summed E-state index contributed by atoms with van der Waals surface area (Å²) < 4.78 is 0. The number of primary amides is 2. The van der Waals surface area contributed by atoms with Crippen LogP contribution < -0.4 is 59.3 Å². The lowest BCUT2D eigenvalue weighted by Gasteiger charge is -2.36. The fraction of sp³-hybridized carbons (Fsp3) is 0.528. The van der Waals surface area contributed by atoms with Crippen LogP contribution in [0.25, 0.3) is 21.8 Å². The number of amides is 16. The van der Waals surface area contributed by atoms with Crippen LogP contribution >= 0.6 is 11.8 Å². The lowest BCUT2D eigenvalue weighted by Crippen LogP contribution is -2.60. The molecule has 0 unspecified atom stereocenters. The van der Waals surface area contributed by atoms with Crippen molar-refractivity contribution in [2.45, 2.75) is 229 Å². The van der Waals surface area contributed by atoms with E-state index in [4.69, 9.17) is 11.5 Å². The zero-order valence-electron chi connectivity index (χ0n) is 74.2. The SMILES string of the molecule is CCCC[C@H]1C(=O)N(C)[C@@H](CCCC)C(=O)N[C@@H](C)C(=O)N[C@H](C(=O)NCC(N)=O)CSCC(=O)N[C@@H](Cc2ccc(O)cc2)C(=O)N(C)[C@@H](C)C(=O)N[C@@H](CC(N)=O)C(=O)N2CCC[C@H]2C(=O)N[C@@H](Cc2c[nH]cn2)C(=O)N[C@@H](CC(C)C)C(=O)N2CCC[C@H]2C(=O)C[C@@H](Cc2c[nH]c3ccccc23)C(=O)N[C@@H](CO)C(=O)N[C@@H](Cc2c[nH]c3ccccc23)C(=O)N1C. The summed E-state index contributed by atoms with van der Waals surface area (Å²) in [4.78, 5) is 267. The Bertz CT molecular complexity index is 5000. The first-order valence-corrected chi connectivity index (χ1v) is 44.9. The van der Waals surface area contributed by atoms with Gasteiger partial charge in [0, 0.05) is 112 Å². The highest BCUT2D eigenvalue weighted by Crippen LogP contribution is 2.30. The van der Waals surface area contributed by atoms with E-state index in [9.17, 15) is 58.2 Å². The number of hydrogen-bond acceptors (Lipinski definition) is 21. The molecule has 3 aromatic carbocycles. The molecule has 3 aromatic heterocycles. The number of Topliss-reactive ketones (excluding diaryl/α,β-unsaturated/α-hetero) is 1. The third-order valence-electron chi connectivity index (χ3n) is 23.7. The van der Waals surface area contributed by atoms with Crippen molar-refractivity contribution < 1.29 is 91.7 Å². The maximum atomic E-state index is 15.6. The molecule has 129 heavy (non-hydrogen) atoms. The minimum Gasteiger partial charge on any atom is -0.508 e. The predicted octanol–water partition coefficient (Wildman–Crippen LogP) is -0.0524. The lowest BCUT2D eigenvalue weighted by molar-refractivity contribution is -0.149. The lowest BCUT2D eigenvalue weighted by atomic mass is 9.90. The first-order chi connectivity index (χ1) is 61.5. The van der Waals surface area contributed by atoms with Gasteiger partial charge in [0.25, 0.3) is 0 Å². The number of unbranched alkanes of at least 4 members (excludes halogenated alkanes) is 2. The van der Waals surface area contributed by atoms with Crippen LogP contribution in [-0.2, 0) is 107 Å². The minimum atomic E-state index is -1.79. The molecule has 9 rings (SSSR count). The number of thioether (sulfide) groups is 1. The van der Waals surface area contributed by atoms with Crippen molar-refractivity contribution in [3.05, 3.63) is 120 Å². The summed E-state index contributed by atoms with van der Waals surface area (Å²) in [5, 5.41) is 46.6. The van der Waals surface area contributed by atoms with Gasteiger partial charge in [0.05, 0.1) is 43.4 Å². The quantitative estimate of drug-likeness (QED) is 0.0424. The van der Waals surface area contributed by atoms with Gasteiger partial charge in [-0.2, -0.15) is 0 Å². The van der Waals surface area contributed by atoms with Gasteiger partial charge in [0.1, 0.15) is 78.3 Å². The molecule has 0 saturated carbocycles. The number of aromatic amines is 3. The molecule has 16 amide bonds. The molecule has 3 aliphatic rings. The third-order valence-corrected chi connectivity index (χ3v) is 24.8. The van der Waals surface area contributed by atoms with Gasteiger partial charge in [-0.25, -0.2) is 4.98 Å². The van der Waals surface area contributed by atoms with Crippen LogP contribution in [0.2, 0.25) is 0 Å². The molecule has 14 atom stereocenters. The van der Waals surface area contributed by atoms with Crippen LogP contribution in [0.1, 0.15) is 147 Å². The van der Waals surface area contributed by atoms with Crippen molar-refractivity contribution in [2.75, 3.05) is 58.9 Å². The molecule has 0 spiro atoms.